The van der Waals surface area contributed by atoms with E-state index in [2.05, 4.69) is 52.9 Å². The first-order chi connectivity index (χ1) is 8.62. The summed E-state index contributed by atoms with van der Waals surface area (Å²) in [6.07, 6.45) is 9.37. The van der Waals surface area contributed by atoms with Gasteiger partial charge < -0.3 is 4.90 Å². The fourth-order valence-corrected chi connectivity index (χ4v) is 3.55. The van der Waals surface area contributed by atoms with E-state index in [9.17, 15) is 0 Å². The van der Waals surface area contributed by atoms with Crippen molar-refractivity contribution in [2.45, 2.75) is 31.5 Å². The molecule has 1 heterocycles. The zero-order valence-corrected chi connectivity index (χ0v) is 13.7. The molecule has 0 aromatic rings. The van der Waals surface area contributed by atoms with Gasteiger partial charge in [-0.05, 0) is 44.7 Å². The van der Waals surface area contributed by atoms with Crippen molar-refractivity contribution in [1.82, 2.24) is 4.90 Å². The third-order valence-corrected chi connectivity index (χ3v) is 4.82. The second-order valence-electron chi connectivity index (χ2n) is 5.62. The van der Waals surface area contributed by atoms with Crippen LogP contribution < -0.4 is 0 Å². The lowest BCUT2D eigenvalue weighted by Gasteiger charge is -2.21. The number of hydrogen-bond acceptors (Lipinski definition) is 1. The first-order valence-electron chi connectivity index (χ1n) is 6.90. The van der Waals surface area contributed by atoms with Gasteiger partial charge in [-0.1, -0.05) is 34.2 Å². The molecule has 2 rings (SSSR count). The van der Waals surface area contributed by atoms with Gasteiger partial charge in [-0.25, -0.2) is 0 Å². The monoisotopic (exact) mass is 331 g/mol. The van der Waals surface area contributed by atoms with Crippen LogP contribution in [0.1, 0.15) is 26.7 Å². The van der Waals surface area contributed by atoms with Crippen molar-refractivity contribution in [3.05, 3.63) is 23.8 Å². The molecule has 0 radical (unpaired) electrons. The summed E-state index contributed by atoms with van der Waals surface area (Å²) in [5.74, 6) is 1.67. The fourth-order valence-electron chi connectivity index (χ4n) is 3.27. The number of likely N-dealkylation sites (tertiary alicyclic amines) is 1. The highest BCUT2D eigenvalue weighted by atomic mass is 79.9. The highest BCUT2D eigenvalue weighted by Gasteiger charge is 2.60. The quantitative estimate of drug-likeness (QED) is 0.520. The van der Waals surface area contributed by atoms with E-state index in [-0.39, 0.29) is 0 Å². The lowest BCUT2D eigenvalue weighted by Crippen LogP contribution is -2.26. The van der Waals surface area contributed by atoms with Gasteiger partial charge in [-0.15, -0.1) is 11.6 Å². The lowest BCUT2D eigenvalue weighted by molar-refractivity contribution is 0.292. The van der Waals surface area contributed by atoms with Crippen LogP contribution in [0.15, 0.2) is 23.8 Å². The minimum atomic E-state index is 0.454. The molecule has 18 heavy (non-hydrogen) atoms. The third-order valence-electron chi connectivity index (χ3n) is 4.25. The maximum Gasteiger partial charge on any atom is 0.0300 e. The average molecular weight is 333 g/mol. The van der Waals surface area contributed by atoms with Crippen LogP contribution in [0.5, 0.6) is 0 Å². The van der Waals surface area contributed by atoms with Crippen LogP contribution in [0.3, 0.4) is 0 Å². The summed E-state index contributed by atoms with van der Waals surface area (Å²) in [4.78, 5) is 3.04. The van der Waals surface area contributed by atoms with Gasteiger partial charge in [-0.2, -0.15) is 0 Å². The molecule has 0 N–H and O–H groups in total. The first kappa shape index (κ1) is 14.6. The summed E-state index contributed by atoms with van der Waals surface area (Å²) < 4.78 is 0. The Labute approximate surface area is 124 Å². The summed E-state index contributed by atoms with van der Waals surface area (Å²) in [6, 6.07) is 0. The van der Waals surface area contributed by atoms with Gasteiger partial charge in [0.2, 0.25) is 0 Å². The Morgan fingerprint density at radius 2 is 2.39 bits per heavy atom. The first-order valence-corrected chi connectivity index (χ1v) is 8.35. The van der Waals surface area contributed by atoms with Crippen molar-refractivity contribution < 1.29 is 0 Å². The van der Waals surface area contributed by atoms with Crippen molar-refractivity contribution in [2.24, 2.45) is 11.3 Å². The molecule has 2 aliphatic rings. The van der Waals surface area contributed by atoms with E-state index in [1.165, 1.54) is 25.1 Å². The summed E-state index contributed by atoms with van der Waals surface area (Å²) in [6.45, 7) is 8.00. The molecule has 0 aromatic carbocycles. The number of alkyl halides is 2. The molecule has 0 bridgehead atoms. The number of nitrogens with zero attached hydrogens (tertiary/aromatic N) is 1. The van der Waals surface area contributed by atoms with Gasteiger partial charge in [0.25, 0.3) is 0 Å². The molecule has 0 aromatic heterocycles. The predicted octanol–water partition coefficient (Wildman–Crippen LogP) is 4.22. The molecular weight excluding hydrogens is 310 g/mol. The van der Waals surface area contributed by atoms with Crippen LogP contribution in [-0.2, 0) is 0 Å². The Hall–Kier alpha value is 0.210. The average Bonchev–Trinajstić information content (AvgIpc) is 2.90. The molecule has 3 heteroatoms. The van der Waals surface area contributed by atoms with Gasteiger partial charge in [-0.3, -0.25) is 0 Å². The topological polar surface area (TPSA) is 3.24 Å². The molecule has 1 saturated carbocycles. The predicted molar refractivity (Wildman–Crippen MR) is 83.6 cm³/mol. The van der Waals surface area contributed by atoms with Crippen LogP contribution in [0.4, 0.5) is 0 Å². The third kappa shape index (κ3) is 3.02. The molecule has 1 unspecified atom stereocenters. The molecule has 1 aliphatic carbocycles. The summed E-state index contributed by atoms with van der Waals surface area (Å²) in [7, 11) is 0. The zero-order valence-electron chi connectivity index (χ0n) is 11.3. The van der Waals surface area contributed by atoms with Crippen LogP contribution >= 0.6 is 27.5 Å². The standard InChI is InChI=1S/C15H23BrClN/c1-3-13(6-5-12(2)16)15-9-14(15)10-18(11-15)8-4-7-17/h3,5-6,12,14H,4,7-11H2,1-2H3/b6-5-,13-3+/t12?,14-,15+/m1/s1. The smallest absolute Gasteiger partial charge is 0.0300 e. The minimum absolute atomic E-state index is 0.454. The highest BCUT2D eigenvalue weighted by Crippen LogP contribution is 2.62. The summed E-state index contributed by atoms with van der Waals surface area (Å²) in [5, 5.41) is 0. The SMILES string of the molecule is C/C=C(\C=C/C(C)Br)[C@@]12C[C@@H]1CN(CCCCl)C2. The van der Waals surface area contributed by atoms with Gasteiger partial charge in [0, 0.05) is 29.2 Å². The van der Waals surface area contributed by atoms with Crippen LogP contribution in [0, 0.1) is 11.3 Å². The maximum absolute atomic E-state index is 5.78. The zero-order chi connectivity index (χ0) is 13.2. The second kappa shape index (κ2) is 6.11. The van der Waals surface area contributed by atoms with Crippen molar-refractivity contribution in [3.63, 3.8) is 0 Å². The second-order valence-corrected chi connectivity index (χ2v) is 7.44. The van der Waals surface area contributed by atoms with Crippen LogP contribution in [0.25, 0.3) is 0 Å². The van der Waals surface area contributed by atoms with Crippen LogP contribution in [-0.4, -0.2) is 35.2 Å². The Kier molecular flexibility index (Phi) is 4.96. The molecule has 0 amide bonds. The van der Waals surface area contributed by atoms with E-state index in [1.807, 2.05) is 0 Å². The number of rotatable bonds is 6. The number of halogens is 2. The number of hydrogen-bond donors (Lipinski definition) is 0. The molecule has 1 aliphatic heterocycles. The number of allylic oxidation sites excluding steroid dienone is 3. The van der Waals surface area contributed by atoms with Gasteiger partial charge in [0.1, 0.15) is 0 Å². The number of piperidine rings is 1. The maximum atomic E-state index is 5.78. The van der Waals surface area contributed by atoms with Gasteiger partial charge in [0.15, 0.2) is 0 Å². The lowest BCUT2D eigenvalue weighted by atomic mass is 9.94. The Balaban J connectivity index is 1.97. The van der Waals surface area contributed by atoms with Crippen molar-refractivity contribution in [1.29, 1.82) is 0 Å². The Bertz CT molecular complexity index is 350. The molecule has 102 valence electrons. The van der Waals surface area contributed by atoms with Crippen molar-refractivity contribution >= 4 is 27.5 Å². The summed E-state index contributed by atoms with van der Waals surface area (Å²) in [5.41, 5.74) is 2.01. The highest BCUT2D eigenvalue weighted by molar-refractivity contribution is 9.09. The van der Waals surface area contributed by atoms with E-state index in [0.29, 0.717) is 10.2 Å². The molecule has 2 fully saturated rings. The van der Waals surface area contributed by atoms with Gasteiger partial charge in [0.05, 0.1) is 0 Å². The Morgan fingerprint density at radius 3 is 3.00 bits per heavy atom. The molecular formula is C15H23BrClN. The molecule has 1 saturated heterocycles. The van der Waals surface area contributed by atoms with E-state index >= 15 is 0 Å². The van der Waals surface area contributed by atoms with Gasteiger partial charge >= 0.3 is 0 Å². The largest absolute Gasteiger partial charge is 0.302 e. The van der Waals surface area contributed by atoms with E-state index < -0.39 is 0 Å². The van der Waals surface area contributed by atoms with E-state index in [0.717, 1.165) is 24.8 Å². The Morgan fingerprint density at radius 1 is 1.61 bits per heavy atom. The fraction of sp³-hybridized carbons (Fsp3) is 0.733. The molecule has 1 nitrogen and oxygen atoms in total. The molecule has 0 spiro atoms. The van der Waals surface area contributed by atoms with E-state index in [1.54, 1.807) is 0 Å². The van der Waals surface area contributed by atoms with E-state index in [4.69, 9.17) is 11.6 Å². The summed E-state index contributed by atoms with van der Waals surface area (Å²) >= 11 is 9.36. The minimum Gasteiger partial charge on any atom is -0.302 e. The normalized spacial score (nSPS) is 34.0. The molecule has 3 atom stereocenters. The van der Waals surface area contributed by atoms with Crippen LogP contribution in [0.2, 0.25) is 0 Å². The van der Waals surface area contributed by atoms with Crippen molar-refractivity contribution in [2.75, 3.05) is 25.5 Å². The van der Waals surface area contributed by atoms with Crippen molar-refractivity contribution in [3.8, 4) is 0 Å². The number of fused-ring (bicyclic) bond motifs is 1.